The molecule has 4 aromatic rings. The van der Waals surface area contributed by atoms with Crippen molar-refractivity contribution in [3.63, 3.8) is 0 Å². The van der Waals surface area contributed by atoms with Gasteiger partial charge in [0.1, 0.15) is 0 Å². The van der Waals surface area contributed by atoms with Crippen LogP contribution >= 0.6 is 0 Å². The summed E-state index contributed by atoms with van der Waals surface area (Å²) in [6, 6.07) is 25.8. The lowest BCUT2D eigenvalue weighted by atomic mass is 9.33. The van der Waals surface area contributed by atoms with Crippen LogP contribution in [-0.4, -0.2) is 6.71 Å². The molecule has 0 saturated carbocycles. The molecule has 0 unspecified atom stereocenters. The van der Waals surface area contributed by atoms with Crippen molar-refractivity contribution < 1.29 is 0 Å². The van der Waals surface area contributed by atoms with Gasteiger partial charge in [-0.25, -0.2) is 0 Å². The van der Waals surface area contributed by atoms with E-state index in [0.717, 1.165) is 0 Å². The van der Waals surface area contributed by atoms with Crippen molar-refractivity contribution in [1.82, 2.24) is 0 Å². The average molecular weight is 375 g/mol. The molecule has 4 aromatic carbocycles. The Labute approximate surface area is 175 Å². The van der Waals surface area contributed by atoms with E-state index in [1.807, 2.05) is 6.07 Å². The molecule has 0 aliphatic rings. The first-order valence-corrected chi connectivity index (χ1v) is 10.4. The molecule has 0 aromatic heterocycles. The Morgan fingerprint density at radius 1 is 0.621 bits per heavy atom. The predicted octanol–water partition coefficient (Wildman–Crippen LogP) is 5.01. The third-order valence-electron chi connectivity index (χ3n) is 6.09. The molecule has 0 heterocycles. The summed E-state index contributed by atoms with van der Waals surface area (Å²) in [6.45, 7) is 13.6. The SMILES string of the molecule is Cc1cc(C)c(B(c2c(C)cc(C)cc2C)c2cccc3ccc[c]c23)c(C)c1. The van der Waals surface area contributed by atoms with Gasteiger partial charge in [0.15, 0.2) is 0 Å². The maximum absolute atomic E-state index is 3.54. The van der Waals surface area contributed by atoms with Gasteiger partial charge >= 0.3 is 0 Å². The molecule has 0 nitrogen and oxygen atoms in total. The fourth-order valence-corrected chi connectivity index (χ4v) is 5.17. The fourth-order valence-electron chi connectivity index (χ4n) is 5.17. The van der Waals surface area contributed by atoms with Crippen LogP contribution in [0.15, 0.2) is 60.7 Å². The van der Waals surface area contributed by atoms with Crippen molar-refractivity contribution in [2.45, 2.75) is 41.5 Å². The standard InChI is InChI=1S/C28H28B/c1-18-14-20(3)27(21(4)15-18)29(28-22(5)16-19(2)17-23(28)6)26-13-9-11-24-10-7-8-12-25(24)26/h7-11,13-17H,1-6H3. The van der Waals surface area contributed by atoms with E-state index in [-0.39, 0.29) is 6.71 Å². The zero-order chi connectivity index (χ0) is 20.7. The Morgan fingerprint density at radius 3 is 1.62 bits per heavy atom. The van der Waals surface area contributed by atoms with Crippen LogP contribution in [0, 0.1) is 47.6 Å². The minimum absolute atomic E-state index is 0.193. The Bertz CT molecular complexity index is 1110. The van der Waals surface area contributed by atoms with E-state index in [4.69, 9.17) is 0 Å². The van der Waals surface area contributed by atoms with Crippen LogP contribution in [0.3, 0.4) is 0 Å². The van der Waals surface area contributed by atoms with Gasteiger partial charge in [-0.15, -0.1) is 0 Å². The molecule has 0 saturated heterocycles. The second-order valence-corrected chi connectivity index (χ2v) is 8.54. The van der Waals surface area contributed by atoms with Crippen molar-refractivity contribution in [2.24, 2.45) is 0 Å². The summed E-state index contributed by atoms with van der Waals surface area (Å²) < 4.78 is 0. The fraction of sp³-hybridized carbons (Fsp3) is 0.214. The molecular formula is C28H28B. The van der Waals surface area contributed by atoms with Crippen molar-refractivity contribution in [3.05, 3.63) is 100 Å². The summed E-state index contributed by atoms with van der Waals surface area (Å²) in [6.07, 6.45) is 0. The molecule has 1 heteroatoms. The Hall–Kier alpha value is -2.80. The molecule has 1 radical (unpaired) electrons. The molecule has 143 valence electrons. The highest BCUT2D eigenvalue weighted by Gasteiger charge is 2.29. The second kappa shape index (κ2) is 7.56. The molecule has 0 amide bonds. The van der Waals surface area contributed by atoms with E-state index < -0.39 is 0 Å². The molecule has 0 atom stereocenters. The molecule has 0 spiro atoms. The highest BCUT2D eigenvalue weighted by molar-refractivity contribution is 6.97. The quantitative estimate of drug-likeness (QED) is 0.442. The summed E-state index contributed by atoms with van der Waals surface area (Å²) >= 11 is 0. The van der Waals surface area contributed by atoms with Gasteiger partial charge in [0, 0.05) is 0 Å². The van der Waals surface area contributed by atoms with Gasteiger partial charge in [-0.05, 0) is 58.4 Å². The lowest BCUT2D eigenvalue weighted by molar-refractivity contribution is 1.34. The lowest BCUT2D eigenvalue weighted by Gasteiger charge is -2.25. The van der Waals surface area contributed by atoms with Crippen molar-refractivity contribution in [2.75, 3.05) is 0 Å². The highest BCUT2D eigenvalue weighted by atomic mass is 14.1. The number of hydrogen-bond donors (Lipinski definition) is 0. The van der Waals surface area contributed by atoms with E-state index in [1.165, 1.54) is 60.5 Å². The van der Waals surface area contributed by atoms with E-state index in [2.05, 4.69) is 102 Å². The third kappa shape index (κ3) is 3.51. The van der Waals surface area contributed by atoms with Gasteiger partial charge in [-0.3, -0.25) is 0 Å². The number of rotatable bonds is 3. The van der Waals surface area contributed by atoms with Crippen LogP contribution in [0.5, 0.6) is 0 Å². The first-order chi connectivity index (χ1) is 13.9. The normalized spacial score (nSPS) is 11.1. The van der Waals surface area contributed by atoms with E-state index in [9.17, 15) is 0 Å². The minimum atomic E-state index is 0.193. The molecular weight excluding hydrogens is 347 g/mol. The molecule has 0 bridgehead atoms. The number of aryl methyl sites for hydroxylation is 6. The zero-order valence-corrected chi connectivity index (χ0v) is 18.4. The van der Waals surface area contributed by atoms with Gasteiger partial charge in [0.05, 0.1) is 0 Å². The maximum Gasteiger partial charge on any atom is 0.243 e. The summed E-state index contributed by atoms with van der Waals surface area (Å²) in [5.41, 5.74) is 12.3. The molecule has 0 aliphatic heterocycles. The Morgan fingerprint density at radius 2 is 1.10 bits per heavy atom. The van der Waals surface area contributed by atoms with E-state index in [0.29, 0.717) is 0 Å². The molecule has 0 fully saturated rings. The van der Waals surface area contributed by atoms with E-state index >= 15 is 0 Å². The van der Waals surface area contributed by atoms with Gasteiger partial charge in [-0.2, -0.15) is 0 Å². The van der Waals surface area contributed by atoms with Crippen LogP contribution in [0.1, 0.15) is 33.4 Å². The first-order valence-electron chi connectivity index (χ1n) is 10.4. The summed E-state index contributed by atoms with van der Waals surface area (Å²) in [5.74, 6) is 0. The summed E-state index contributed by atoms with van der Waals surface area (Å²) in [4.78, 5) is 0. The van der Waals surface area contributed by atoms with Crippen LogP contribution in [-0.2, 0) is 0 Å². The lowest BCUT2D eigenvalue weighted by Crippen LogP contribution is -2.56. The highest BCUT2D eigenvalue weighted by Crippen LogP contribution is 2.16. The first kappa shape index (κ1) is 19.5. The summed E-state index contributed by atoms with van der Waals surface area (Å²) in [7, 11) is 0. The molecule has 0 aliphatic carbocycles. The average Bonchev–Trinajstić information content (AvgIpc) is 2.65. The van der Waals surface area contributed by atoms with Crippen LogP contribution in [0.25, 0.3) is 10.8 Å². The number of benzene rings is 4. The van der Waals surface area contributed by atoms with Crippen LogP contribution < -0.4 is 16.4 Å². The smallest absolute Gasteiger partial charge is 0.0663 e. The van der Waals surface area contributed by atoms with E-state index in [1.54, 1.807) is 0 Å². The largest absolute Gasteiger partial charge is 0.243 e. The Balaban J connectivity index is 2.12. The molecule has 4 rings (SSSR count). The maximum atomic E-state index is 3.54. The van der Waals surface area contributed by atoms with Gasteiger partial charge < -0.3 is 0 Å². The van der Waals surface area contributed by atoms with Crippen molar-refractivity contribution in [3.8, 4) is 0 Å². The van der Waals surface area contributed by atoms with Gasteiger partial charge in [-0.1, -0.05) is 110 Å². The minimum Gasteiger partial charge on any atom is -0.0663 e. The van der Waals surface area contributed by atoms with Gasteiger partial charge in [0.25, 0.3) is 0 Å². The molecule has 0 N–H and O–H groups in total. The van der Waals surface area contributed by atoms with Crippen molar-refractivity contribution in [1.29, 1.82) is 0 Å². The monoisotopic (exact) mass is 375 g/mol. The summed E-state index contributed by atoms with van der Waals surface area (Å²) in [5, 5.41) is 2.47. The number of fused-ring (bicyclic) bond motifs is 1. The van der Waals surface area contributed by atoms with Gasteiger partial charge in [0.2, 0.25) is 6.71 Å². The third-order valence-corrected chi connectivity index (χ3v) is 6.09. The van der Waals surface area contributed by atoms with Crippen LogP contribution in [0.4, 0.5) is 0 Å². The zero-order valence-electron chi connectivity index (χ0n) is 18.4. The Kier molecular flexibility index (Phi) is 5.09. The number of hydrogen-bond acceptors (Lipinski definition) is 0. The van der Waals surface area contributed by atoms with Crippen LogP contribution in [0.2, 0.25) is 0 Å². The second-order valence-electron chi connectivity index (χ2n) is 8.54. The molecule has 29 heavy (non-hydrogen) atoms. The van der Waals surface area contributed by atoms with Crippen molar-refractivity contribution >= 4 is 33.9 Å². The predicted molar refractivity (Wildman–Crippen MR) is 129 cm³/mol. The topological polar surface area (TPSA) is 0 Å².